The monoisotopic (exact) mass is 872 g/mol. The van der Waals surface area contributed by atoms with E-state index in [0.717, 1.165) is 5.56 Å². The van der Waals surface area contributed by atoms with Gasteiger partial charge < -0.3 is 41.1 Å². The quantitative estimate of drug-likeness (QED) is 0.0435. The molecule has 0 aliphatic heterocycles. The van der Waals surface area contributed by atoms with Crippen LogP contribution >= 0.6 is 23.4 Å². The van der Waals surface area contributed by atoms with Gasteiger partial charge in [-0.25, -0.2) is 19.6 Å². The van der Waals surface area contributed by atoms with Crippen molar-refractivity contribution in [3.05, 3.63) is 82.5 Å². The number of halogens is 1. The van der Waals surface area contributed by atoms with E-state index < -0.39 is 54.6 Å². The molecular weight excluding hydrogens is 824 g/mol. The Bertz CT molecular complexity index is 2270. The fourth-order valence-corrected chi connectivity index (χ4v) is 6.58. The summed E-state index contributed by atoms with van der Waals surface area (Å²) in [6, 6.07) is 12.9. The van der Waals surface area contributed by atoms with Gasteiger partial charge in [-0.05, 0) is 60.7 Å². The zero-order valence-corrected chi connectivity index (χ0v) is 36.2. The van der Waals surface area contributed by atoms with Crippen molar-refractivity contribution in [3.8, 4) is 34.4 Å². The van der Waals surface area contributed by atoms with Gasteiger partial charge in [0.25, 0.3) is 0 Å². The zero-order valence-electron chi connectivity index (χ0n) is 34.6. The number of esters is 2. The summed E-state index contributed by atoms with van der Waals surface area (Å²) >= 11 is 7.20. The number of ether oxygens (including phenoxy) is 3. The first kappa shape index (κ1) is 47.7. The highest BCUT2D eigenvalue weighted by atomic mass is 35.5. The van der Waals surface area contributed by atoms with Crippen LogP contribution in [0.25, 0.3) is 27.4 Å². The van der Waals surface area contributed by atoms with Crippen LogP contribution in [0.1, 0.15) is 59.2 Å². The predicted octanol–water partition coefficient (Wildman–Crippen LogP) is 6.25. The molecule has 7 N–H and O–H groups in total. The number of amides is 1. The number of carbonyl (C=O) groups is 4. The summed E-state index contributed by atoms with van der Waals surface area (Å²) in [6.45, 7) is 17.2. The van der Waals surface area contributed by atoms with Crippen LogP contribution in [-0.2, 0) is 34.4 Å². The number of nitriles is 1. The number of nitrogens with one attached hydrogen (secondary N) is 1. The van der Waals surface area contributed by atoms with E-state index in [1.165, 1.54) is 31.9 Å². The molecule has 0 saturated heterocycles. The molecule has 61 heavy (non-hydrogen) atoms. The van der Waals surface area contributed by atoms with E-state index in [4.69, 9.17) is 54.0 Å². The van der Waals surface area contributed by atoms with Crippen molar-refractivity contribution in [1.82, 2.24) is 15.3 Å². The third kappa shape index (κ3) is 13.0. The normalized spacial score (nSPS) is 13.6. The molecule has 18 heteroatoms. The number of Topliss-reactive ketones (excluding diaryl/α,β-unsaturated/α-hetero) is 1. The second kappa shape index (κ2) is 22.0. The molecule has 2 aromatic carbocycles. The van der Waals surface area contributed by atoms with E-state index >= 15 is 0 Å². The van der Waals surface area contributed by atoms with E-state index in [1.54, 1.807) is 76.2 Å². The number of benzene rings is 2. The van der Waals surface area contributed by atoms with Crippen LogP contribution in [0, 0.1) is 35.7 Å². The number of oxazole rings is 1. The molecular formula is C43H49ClN8O8S. The summed E-state index contributed by atoms with van der Waals surface area (Å²) < 4.78 is 22.7. The Labute approximate surface area is 363 Å². The summed E-state index contributed by atoms with van der Waals surface area (Å²) in [6.07, 6.45) is 0.218. The first-order chi connectivity index (χ1) is 28.9. The fraction of sp³-hybridized carbons (Fsp3) is 0.395. The van der Waals surface area contributed by atoms with Crippen LogP contribution in [0.15, 0.2) is 64.2 Å². The third-order valence-electron chi connectivity index (χ3n) is 9.39. The number of nitrogen functional groups attached to an aromatic ring is 1. The molecule has 0 aliphatic carbocycles. The van der Waals surface area contributed by atoms with Crippen LogP contribution < -0.4 is 27.3 Å². The van der Waals surface area contributed by atoms with Gasteiger partial charge in [-0.2, -0.15) is 5.26 Å². The topological polar surface area (TPSA) is 253 Å². The molecule has 5 atom stereocenters. The molecule has 0 fully saturated rings. The Morgan fingerprint density at radius 3 is 2.18 bits per heavy atom. The second-order valence-electron chi connectivity index (χ2n) is 14.9. The van der Waals surface area contributed by atoms with Gasteiger partial charge in [0.05, 0.1) is 35.8 Å². The Morgan fingerprint density at radius 2 is 1.57 bits per heavy atom. The highest BCUT2D eigenvalue weighted by molar-refractivity contribution is 7.98. The minimum absolute atomic E-state index is 0.00694. The predicted molar refractivity (Wildman–Crippen MR) is 230 cm³/mol. The van der Waals surface area contributed by atoms with Crippen molar-refractivity contribution in [1.29, 1.82) is 5.26 Å². The average Bonchev–Trinajstić information content (AvgIpc) is 3.72. The van der Waals surface area contributed by atoms with Crippen LogP contribution in [-0.4, -0.2) is 71.0 Å². The number of ketones is 1. The average molecular weight is 873 g/mol. The number of aromatic nitrogens is 2. The number of anilines is 1. The molecule has 0 spiro atoms. The van der Waals surface area contributed by atoms with Crippen molar-refractivity contribution < 1.29 is 37.8 Å². The molecule has 0 aliphatic rings. The van der Waals surface area contributed by atoms with Gasteiger partial charge in [-0.3, -0.25) is 14.4 Å². The number of rotatable bonds is 20. The fourth-order valence-electron chi connectivity index (χ4n) is 5.59. The molecule has 322 valence electrons. The SMILES string of the molecule is [C-]#[N+]c1c(N)nc(SCc2coc(-c3ccc(Cl)cc3)n2)c(C#N)c1-c1ccc(OC[C@@H](COC(=O)[C@H](C)CC(=O)[C@@H](N)C(C)C)OC(=O)[C@H](C)NC(=O)[C@@H](N)C(C)C)cc1. The van der Waals surface area contributed by atoms with Crippen molar-refractivity contribution in [2.45, 2.75) is 83.0 Å². The Balaban J connectivity index is 1.50. The molecule has 16 nitrogen and oxygen atoms in total. The van der Waals surface area contributed by atoms with E-state index in [-0.39, 0.29) is 64.1 Å². The molecule has 4 rings (SSSR count). The lowest BCUT2D eigenvalue weighted by molar-refractivity contribution is -0.164. The lowest BCUT2D eigenvalue weighted by Gasteiger charge is -2.23. The Morgan fingerprint density at radius 1 is 0.934 bits per heavy atom. The maximum absolute atomic E-state index is 13.1. The van der Waals surface area contributed by atoms with Crippen molar-refractivity contribution >= 4 is 58.5 Å². The number of hydrogen-bond acceptors (Lipinski definition) is 15. The number of pyridine rings is 1. The Hall–Kier alpha value is -5.98. The molecule has 0 bridgehead atoms. The van der Waals surface area contributed by atoms with Gasteiger partial charge in [0, 0.05) is 28.3 Å². The van der Waals surface area contributed by atoms with Gasteiger partial charge in [-0.1, -0.05) is 70.1 Å². The van der Waals surface area contributed by atoms with E-state index in [0.29, 0.717) is 27.9 Å². The van der Waals surface area contributed by atoms with Gasteiger partial charge in [0.2, 0.25) is 17.5 Å². The van der Waals surface area contributed by atoms with Gasteiger partial charge >= 0.3 is 11.9 Å². The number of thioether (sulfide) groups is 1. The molecule has 0 unspecified atom stereocenters. The van der Waals surface area contributed by atoms with E-state index in [9.17, 15) is 24.4 Å². The highest BCUT2D eigenvalue weighted by Crippen LogP contribution is 2.42. The van der Waals surface area contributed by atoms with Crippen molar-refractivity contribution in [3.63, 3.8) is 0 Å². The van der Waals surface area contributed by atoms with Crippen LogP contribution in [0.5, 0.6) is 5.75 Å². The van der Waals surface area contributed by atoms with Crippen molar-refractivity contribution in [2.75, 3.05) is 18.9 Å². The third-order valence-corrected chi connectivity index (χ3v) is 10.7. The smallest absolute Gasteiger partial charge is 0.328 e. The number of nitrogens with zero attached hydrogens (tertiary/aromatic N) is 4. The van der Waals surface area contributed by atoms with Crippen LogP contribution in [0.2, 0.25) is 5.02 Å². The second-order valence-corrected chi connectivity index (χ2v) is 16.3. The lowest BCUT2D eigenvalue weighted by Crippen LogP contribution is -2.50. The van der Waals surface area contributed by atoms with Gasteiger partial charge in [0.15, 0.2) is 11.9 Å². The maximum Gasteiger partial charge on any atom is 0.328 e. The summed E-state index contributed by atoms with van der Waals surface area (Å²) in [7, 11) is 0. The minimum atomic E-state index is -1.15. The van der Waals surface area contributed by atoms with E-state index in [2.05, 4.69) is 26.2 Å². The highest BCUT2D eigenvalue weighted by Gasteiger charge is 2.29. The Kier molecular flexibility index (Phi) is 17.2. The van der Waals surface area contributed by atoms with E-state index in [1.807, 2.05) is 0 Å². The van der Waals surface area contributed by atoms with Gasteiger partial charge in [0.1, 0.15) is 48.2 Å². The molecule has 0 radical (unpaired) electrons. The summed E-state index contributed by atoms with van der Waals surface area (Å²) in [4.78, 5) is 63.6. The summed E-state index contributed by atoms with van der Waals surface area (Å²) in [5.74, 6) is -2.59. The van der Waals surface area contributed by atoms with Crippen LogP contribution in [0.3, 0.4) is 0 Å². The minimum Gasteiger partial charge on any atom is -0.490 e. The maximum atomic E-state index is 13.1. The molecule has 2 aromatic heterocycles. The van der Waals surface area contributed by atoms with Crippen LogP contribution in [0.4, 0.5) is 11.5 Å². The first-order valence-corrected chi connectivity index (χ1v) is 20.7. The lowest BCUT2D eigenvalue weighted by atomic mass is 9.94. The first-order valence-electron chi connectivity index (χ1n) is 19.3. The molecule has 2 heterocycles. The molecule has 0 saturated carbocycles. The molecule has 4 aromatic rings. The number of carbonyl (C=O) groups excluding carboxylic acids is 4. The standard InChI is InChI=1S/C43H49ClN8O8S/c1-22(2)35(46)33(53)16-24(5)42(55)59-20-31(60-43(56)25(6)50-39(54)36(47)23(3)4)19-57-30-14-10-26(11-15-30)34-32(17-45)41(52-38(48)37(34)49-7)61-21-29-18-58-40(51-29)27-8-12-28(44)13-9-27/h8-15,18,22-25,31,35-36H,16,19-21,46-47H2,1-6H3,(H2,48,52)(H,50,54)/t24-,25+,31+,35+,36+/m1/s1. The summed E-state index contributed by atoms with van der Waals surface area (Å²) in [5, 5.41) is 13.7. The largest absolute Gasteiger partial charge is 0.490 e. The summed E-state index contributed by atoms with van der Waals surface area (Å²) in [5.41, 5.74) is 20.3. The van der Waals surface area contributed by atoms with Crippen molar-refractivity contribution in [2.24, 2.45) is 29.2 Å². The number of hydrogen-bond donors (Lipinski definition) is 4. The zero-order chi connectivity index (χ0) is 45.0. The van der Waals surface area contributed by atoms with Gasteiger partial charge in [-0.15, -0.1) is 0 Å². The molecule has 1 amide bonds. The number of nitrogens with two attached hydrogens (primary N) is 3.